The van der Waals surface area contributed by atoms with E-state index in [9.17, 15) is 5.11 Å². The summed E-state index contributed by atoms with van der Waals surface area (Å²) in [7, 11) is 2.01. The Labute approximate surface area is 219 Å². The van der Waals surface area contributed by atoms with E-state index in [-0.39, 0.29) is 6.61 Å². The third-order valence-electron chi connectivity index (χ3n) is 7.12. The van der Waals surface area contributed by atoms with Crippen molar-refractivity contribution in [1.82, 2.24) is 4.57 Å². The third-order valence-corrected chi connectivity index (χ3v) is 7.12. The summed E-state index contributed by atoms with van der Waals surface area (Å²) in [6.45, 7) is 4.06. The molecule has 0 amide bonds. The molecule has 0 fully saturated rings. The van der Waals surface area contributed by atoms with Crippen molar-refractivity contribution in [3.8, 4) is 11.3 Å². The summed E-state index contributed by atoms with van der Waals surface area (Å²) in [6, 6.07) is 29.4. The van der Waals surface area contributed by atoms with Gasteiger partial charge in [-0.25, -0.2) is 0 Å². The normalized spacial score (nSPS) is 12.6. The van der Waals surface area contributed by atoms with Crippen LogP contribution in [0, 0.1) is 0 Å². The topological polar surface area (TPSA) is 46.9 Å². The fourth-order valence-corrected chi connectivity index (χ4v) is 5.21. The molecule has 2 heterocycles. The van der Waals surface area contributed by atoms with Crippen LogP contribution in [0.1, 0.15) is 34.4 Å². The molecule has 0 radical (unpaired) electrons. The second kappa shape index (κ2) is 12.2. The molecular weight excluding hydrogens is 460 g/mol. The first-order valence-electron chi connectivity index (χ1n) is 13.1. The number of likely N-dealkylation sites (N-methyl/N-ethyl adjacent to an activating group) is 1. The second-order valence-electron chi connectivity index (χ2n) is 9.66. The van der Waals surface area contributed by atoms with Gasteiger partial charge in [-0.2, -0.15) is 0 Å². The van der Waals surface area contributed by atoms with Crippen LogP contribution in [-0.4, -0.2) is 29.9 Å². The zero-order valence-corrected chi connectivity index (χ0v) is 21.6. The number of anilines is 1. The van der Waals surface area contributed by atoms with Gasteiger partial charge < -0.3 is 24.0 Å². The lowest BCUT2D eigenvalue weighted by molar-refractivity contribution is 0.0938. The van der Waals surface area contributed by atoms with Crippen LogP contribution in [0.2, 0.25) is 0 Å². The molecule has 4 aromatic rings. The summed E-state index contributed by atoms with van der Waals surface area (Å²) >= 11 is 0. The van der Waals surface area contributed by atoms with E-state index >= 15 is 0 Å². The van der Waals surface area contributed by atoms with Crippen LogP contribution in [0.5, 0.6) is 0 Å². The molecule has 5 nitrogen and oxygen atoms in total. The smallest absolute Gasteiger partial charge is 0.0746 e. The number of fused-ring (bicyclic) bond motifs is 1. The molecule has 1 N–H and O–H groups in total. The van der Waals surface area contributed by atoms with Gasteiger partial charge >= 0.3 is 0 Å². The van der Waals surface area contributed by atoms with E-state index in [1.165, 1.54) is 39.2 Å². The summed E-state index contributed by atoms with van der Waals surface area (Å²) < 4.78 is 15.0. The molecule has 37 heavy (non-hydrogen) atoms. The lowest BCUT2D eigenvalue weighted by Crippen LogP contribution is -2.20. The molecule has 0 bridgehead atoms. The number of aliphatic hydroxyl groups excluding tert-OH is 1. The minimum absolute atomic E-state index is 0.139. The van der Waals surface area contributed by atoms with E-state index in [4.69, 9.17) is 9.47 Å². The van der Waals surface area contributed by atoms with E-state index < -0.39 is 0 Å². The maximum Gasteiger partial charge on any atom is 0.0746 e. The molecule has 192 valence electrons. The van der Waals surface area contributed by atoms with Gasteiger partial charge in [0.05, 0.1) is 38.7 Å². The SMILES string of the molecule is CN(CCO)c1ccc(-c2c(COCc3ccccc3)c(COCc3ccccc3)c3n2CCC3)cc1. The number of aliphatic hydroxyl groups is 1. The van der Waals surface area contributed by atoms with Crippen LogP contribution < -0.4 is 4.90 Å². The number of benzene rings is 3. The van der Waals surface area contributed by atoms with Crippen LogP contribution in [0.25, 0.3) is 11.3 Å². The molecule has 1 aromatic heterocycles. The highest BCUT2D eigenvalue weighted by Crippen LogP contribution is 2.38. The van der Waals surface area contributed by atoms with Gasteiger partial charge in [-0.1, -0.05) is 72.8 Å². The number of aromatic nitrogens is 1. The Balaban J connectivity index is 1.43. The van der Waals surface area contributed by atoms with Crippen molar-refractivity contribution < 1.29 is 14.6 Å². The van der Waals surface area contributed by atoms with Crippen molar-refractivity contribution in [2.24, 2.45) is 0 Å². The van der Waals surface area contributed by atoms with Gasteiger partial charge in [0.1, 0.15) is 0 Å². The van der Waals surface area contributed by atoms with Gasteiger partial charge in [0.25, 0.3) is 0 Å². The summed E-state index contributed by atoms with van der Waals surface area (Å²) in [4.78, 5) is 2.07. The van der Waals surface area contributed by atoms with Gasteiger partial charge in [-0.05, 0) is 41.7 Å². The molecule has 0 unspecified atom stereocenters. The highest BCUT2D eigenvalue weighted by atomic mass is 16.5. The lowest BCUT2D eigenvalue weighted by Gasteiger charge is -2.19. The van der Waals surface area contributed by atoms with Gasteiger partial charge in [-0.15, -0.1) is 0 Å². The minimum Gasteiger partial charge on any atom is -0.395 e. The Kier molecular flexibility index (Phi) is 8.36. The quantitative estimate of drug-likeness (QED) is 0.263. The molecule has 1 aliphatic rings. The Hall–Kier alpha value is -3.38. The number of nitrogens with zero attached hydrogens (tertiary/aromatic N) is 2. The van der Waals surface area contributed by atoms with Crippen LogP contribution >= 0.6 is 0 Å². The Morgan fingerprint density at radius 1 is 0.757 bits per heavy atom. The molecular formula is C32H36N2O3. The Morgan fingerprint density at radius 2 is 1.35 bits per heavy atom. The van der Waals surface area contributed by atoms with Crippen molar-refractivity contribution in [2.45, 2.75) is 45.8 Å². The molecule has 0 saturated heterocycles. The van der Waals surface area contributed by atoms with Crippen LogP contribution in [-0.2, 0) is 48.9 Å². The van der Waals surface area contributed by atoms with Crippen molar-refractivity contribution in [3.63, 3.8) is 0 Å². The first-order chi connectivity index (χ1) is 18.2. The van der Waals surface area contributed by atoms with Crippen LogP contribution in [0.15, 0.2) is 84.9 Å². The highest BCUT2D eigenvalue weighted by Gasteiger charge is 2.27. The monoisotopic (exact) mass is 496 g/mol. The minimum atomic E-state index is 0.139. The average molecular weight is 497 g/mol. The fraction of sp³-hybridized carbons (Fsp3) is 0.312. The lowest BCUT2D eigenvalue weighted by atomic mass is 10.0. The molecule has 0 spiro atoms. The first-order valence-corrected chi connectivity index (χ1v) is 13.1. The molecule has 1 aliphatic heterocycles. The van der Waals surface area contributed by atoms with Crippen molar-refractivity contribution >= 4 is 5.69 Å². The number of hydrogen-bond acceptors (Lipinski definition) is 4. The zero-order chi connectivity index (χ0) is 25.5. The second-order valence-corrected chi connectivity index (χ2v) is 9.66. The van der Waals surface area contributed by atoms with Crippen molar-refractivity contribution in [3.05, 3.63) is 113 Å². The fourth-order valence-electron chi connectivity index (χ4n) is 5.21. The maximum absolute atomic E-state index is 9.31. The summed E-state index contributed by atoms with van der Waals surface area (Å²) in [6.07, 6.45) is 2.21. The van der Waals surface area contributed by atoms with Gasteiger partial charge in [0.2, 0.25) is 0 Å². The van der Waals surface area contributed by atoms with Gasteiger partial charge in [-0.3, -0.25) is 0 Å². The highest BCUT2D eigenvalue weighted by molar-refractivity contribution is 5.70. The summed E-state index contributed by atoms with van der Waals surface area (Å²) in [5.74, 6) is 0. The summed E-state index contributed by atoms with van der Waals surface area (Å²) in [5.41, 5.74) is 9.78. The van der Waals surface area contributed by atoms with Crippen molar-refractivity contribution in [1.29, 1.82) is 0 Å². The van der Waals surface area contributed by atoms with Crippen LogP contribution in [0.4, 0.5) is 5.69 Å². The predicted molar refractivity (Wildman–Crippen MR) is 148 cm³/mol. The van der Waals surface area contributed by atoms with E-state index in [1.807, 2.05) is 19.2 Å². The number of ether oxygens (including phenoxy) is 2. The van der Waals surface area contributed by atoms with E-state index in [1.54, 1.807) is 0 Å². The van der Waals surface area contributed by atoms with Crippen molar-refractivity contribution in [2.75, 3.05) is 25.1 Å². The molecule has 5 rings (SSSR count). The van der Waals surface area contributed by atoms with E-state index in [0.717, 1.165) is 25.1 Å². The standard InChI is InChI=1S/C32H36N2O3/c1-33(19-20-35)28-16-14-27(15-17-28)32-30(24-37-22-26-11-6-3-7-12-26)29(31-13-8-18-34(31)32)23-36-21-25-9-4-2-5-10-25/h2-7,9-12,14-17,35H,8,13,18-24H2,1H3. The largest absolute Gasteiger partial charge is 0.395 e. The predicted octanol–water partition coefficient (Wildman–Crippen LogP) is 5.96. The molecule has 0 atom stereocenters. The Morgan fingerprint density at radius 3 is 1.95 bits per heavy atom. The molecule has 3 aromatic carbocycles. The molecule has 5 heteroatoms. The summed E-state index contributed by atoms with van der Waals surface area (Å²) in [5, 5.41) is 9.31. The average Bonchev–Trinajstić information content (AvgIpc) is 3.52. The van der Waals surface area contributed by atoms with Gasteiger partial charge in [0, 0.05) is 42.6 Å². The third kappa shape index (κ3) is 5.96. The zero-order valence-electron chi connectivity index (χ0n) is 21.6. The maximum atomic E-state index is 9.31. The van der Waals surface area contributed by atoms with Crippen LogP contribution in [0.3, 0.4) is 0 Å². The first kappa shape index (κ1) is 25.3. The van der Waals surface area contributed by atoms with E-state index in [0.29, 0.717) is 33.0 Å². The molecule has 0 aliphatic carbocycles. The van der Waals surface area contributed by atoms with Gasteiger partial charge in [0.15, 0.2) is 0 Å². The molecule has 0 saturated carbocycles. The number of rotatable bonds is 12. The Bertz CT molecular complexity index is 1270. The number of hydrogen-bond donors (Lipinski definition) is 1. The van der Waals surface area contributed by atoms with E-state index in [2.05, 4.69) is 82.3 Å².